The SMILES string of the molecule is C=NC(C)(C)C(=O)OC. The van der Waals surface area contributed by atoms with Gasteiger partial charge in [0.1, 0.15) is 0 Å². The van der Waals surface area contributed by atoms with Crippen LogP contribution >= 0.6 is 0 Å². The first kappa shape index (κ1) is 8.14. The Balaban J connectivity index is 4.14. The molecule has 9 heavy (non-hydrogen) atoms. The highest BCUT2D eigenvalue weighted by Gasteiger charge is 2.25. The summed E-state index contributed by atoms with van der Waals surface area (Å²) in [5.41, 5.74) is -0.797. The van der Waals surface area contributed by atoms with Gasteiger partial charge in [-0.1, -0.05) is 0 Å². The molecule has 0 saturated carbocycles. The summed E-state index contributed by atoms with van der Waals surface area (Å²) in [4.78, 5) is 14.3. The summed E-state index contributed by atoms with van der Waals surface area (Å²) in [5.74, 6) is -0.363. The molecule has 0 aromatic carbocycles. The van der Waals surface area contributed by atoms with Crippen LogP contribution in [0.5, 0.6) is 0 Å². The van der Waals surface area contributed by atoms with Crippen molar-refractivity contribution in [1.82, 2.24) is 0 Å². The van der Waals surface area contributed by atoms with Crippen molar-refractivity contribution in [3.63, 3.8) is 0 Å². The van der Waals surface area contributed by atoms with Crippen LogP contribution < -0.4 is 0 Å². The topological polar surface area (TPSA) is 38.7 Å². The number of esters is 1. The van der Waals surface area contributed by atoms with Crippen molar-refractivity contribution in [3.8, 4) is 0 Å². The Kier molecular flexibility index (Phi) is 2.37. The van der Waals surface area contributed by atoms with Gasteiger partial charge >= 0.3 is 5.97 Å². The fourth-order valence-electron chi connectivity index (χ4n) is 0.314. The van der Waals surface area contributed by atoms with Crippen molar-refractivity contribution in [2.24, 2.45) is 4.99 Å². The van der Waals surface area contributed by atoms with Crippen LogP contribution in [0.25, 0.3) is 0 Å². The summed E-state index contributed by atoms with van der Waals surface area (Å²) in [6, 6.07) is 0. The molecule has 0 aromatic rings. The van der Waals surface area contributed by atoms with Gasteiger partial charge in [-0.2, -0.15) is 0 Å². The van der Waals surface area contributed by atoms with Crippen LogP contribution in [0.3, 0.4) is 0 Å². The van der Waals surface area contributed by atoms with Gasteiger partial charge in [0.05, 0.1) is 7.11 Å². The van der Waals surface area contributed by atoms with E-state index in [2.05, 4.69) is 16.4 Å². The zero-order valence-corrected chi connectivity index (χ0v) is 5.97. The zero-order valence-electron chi connectivity index (χ0n) is 5.97. The van der Waals surface area contributed by atoms with E-state index in [1.54, 1.807) is 13.8 Å². The van der Waals surface area contributed by atoms with E-state index in [1.165, 1.54) is 7.11 Å². The van der Waals surface area contributed by atoms with Gasteiger partial charge in [0.2, 0.25) is 0 Å². The number of rotatable bonds is 2. The van der Waals surface area contributed by atoms with Crippen molar-refractivity contribution < 1.29 is 9.53 Å². The number of aliphatic imine (C=N–C) groups is 1. The van der Waals surface area contributed by atoms with Crippen LogP contribution in [0.4, 0.5) is 0 Å². The van der Waals surface area contributed by atoms with Gasteiger partial charge in [0, 0.05) is 0 Å². The van der Waals surface area contributed by atoms with Crippen molar-refractivity contribution in [2.45, 2.75) is 19.4 Å². The fraction of sp³-hybridized carbons (Fsp3) is 0.667. The molecule has 52 valence electrons. The smallest absolute Gasteiger partial charge is 0.333 e. The Bertz CT molecular complexity index is 129. The average molecular weight is 129 g/mol. The van der Waals surface area contributed by atoms with E-state index in [4.69, 9.17) is 0 Å². The molecule has 0 aliphatic heterocycles. The summed E-state index contributed by atoms with van der Waals surface area (Å²) in [5, 5.41) is 0. The quantitative estimate of drug-likeness (QED) is 0.405. The Hall–Kier alpha value is -0.860. The average Bonchev–Trinajstić information content (AvgIpc) is 1.86. The molecule has 0 N–H and O–H groups in total. The van der Waals surface area contributed by atoms with E-state index in [0.29, 0.717) is 0 Å². The molecule has 0 fully saturated rings. The molecule has 0 aliphatic rings. The minimum atomic E-state index is -0.797. The van der Waals surface area contributed by atoms with Crippen molar-refractivity contribution in [2.75, 3.05) is 7.11 Å². The summed E-state index contributed by atoms with van der Waals surface area (Å²) in [6.07, 6.45) is 0. The maximum Gasteiger partial charge on any atom is 0.333 e. The second-order valence-electron chi connectivity index (χ2n) is 2.21. The lowest BCUT2D eigenvalue weighted by Gasteiger charge is -2.14. The van der Waals surface area contributed by atoms with Gasteiger partial charge in [-0.05, 0) is 20.6 Å². The first-order valence-electron chi connectivity index (χ1n) is 2.61. The molecular weight excluding hydrogens is 118 g/mol. The van der Waals surface area contributed by atoms with Crippen LogP contribution in [0.15, 0.2) is 4.99 Å². The molecule has 0 saturated heterocycles. The molecule has 0 unspecified atom stereocenters. The van der Waals surface area contributed by atoms with Gasteiger partial charge in [0.25, 0.3) is 0 Å². The molecule has 0 heterocycles. The number of carbonyl (C=O) groups is 1. The van der Waals surface area contributed by atoms with Gasteiger partial charge < -0.3 is 4.74 Å². The summed E-state index contributed by atoms with van der Waals surface area (Å²) >= 11 is 0. The lowest BCUT2D eigenvalue weighted by molar-refractivity contribution is -0.145. The molecule has 0 aliphatic carbocycles. The Morgan fingerprint density at radius 1 is 1.67 bits per heavy atom. The molecule has 0 bridgehead atoms. The highest BCUT2D eigenvalue weighted by atomic mass is 16.5. The first-order valence-corrected chi connectivity index (χ1v) is 2.61. The normalized spacial score (nSPS) is 10.6. The summed E-state index contributed by atoms with van der Waals surface area (Å²) in [6.45, 7) is 6.54. The third-order valence-electron chi connectivity index (χ3n) is 1.08. The number of carbonyl (C=O) groups excluding carboxylic acids is 1. The van der Waals surface area contributed by atoms with Gasteiger partial charge in [0.15, 0.2) is 5.54 Å². The third-order valence-corrected chi connectivity index (χ3v) is 1.08. The molecule has 0 amide bonds. The number of methoxy groups -OCH3 is 1. The first-order chi connectivity index (χ1) is 4.04. The lowest BCUT2D eigenvalue weighted by Crippen LogP contribution is -2.30. The predicted molar refractivity (Wildman–Crippen MR) is 35.6 cm³/mol. The molecule has 3 heteroatoms. The lowest BCUT2D eigenvalue weighted by atomic mass is 10.1. The summed E-state index contributed by atoms with van der Waals surface area (Å²) < 4.78 is 4.43. The predicted octanol–water partition coefficient (Wildman–Crippen LogP) is 0.639. The molecular formula is C6H11NO2. The zero-order chi connectivity index (χ0) is 7.49. The summed E-state index contributed by atoms with van der Waals surface area (Å²) in [7, 11) is 1.33. The number of ether oxygens (including phenoxy) is 1. The maximum absolute atomic E-state index is 10.7. The van der Waals surface area contributed by atoms with Crippen molar-refractivity contribution in [1.29, 1.82) is 0 Å². The van der Waals surface area contributed by atoms with Crippen LogP contribution in [-0.2, 0) is 9.53 Å². The van der Waals surface area contributed by atoms with E-state index in [-0.39, 0.29) is 5.97 Å². The van der Waals surface area contributed by atoms with Crippen LogP contribution in [0, 0.1) is 0 Å². The second kappa shape index (κ2) is 2.62. The number of hydrogen-bond donors (Lipinski definition) is 0. The van der Waals surface area contributed by atoms with E-state index in [1.807, 2.05) is 0 Å². The standard InChI is InChI=1S/C6H11NO2/c1-6(2,7-3)5(8)9-4/h3H2,1-2,4H3. The van der Waals surface area contributed by atoms with Gasteiger partial charge in [-0.3, -0.25) is 4.99 Å². The van der Waals surface area contributed by atoms with Gasteiger partial charge in [-0.25, -0.2) is 4.79 Å². The van der Waals surface area contributed by atoms with E-state index >= 15 is 0 Å². The Morgan fingerprint density at radius 2 is 2.11 bits per heavy atom. The molecule has 0 rings (SSSR count). The van der Waals surface area contributed by atoms with Crippen molar-refractivity contribution in [3.05, 3.63) is 0 Å². The molecule has 0 radical (unpaired) electrons. The van der Waals surface area contributed by atoms with Crippen LogP contribution in [-0.4, -0.2) is 25.3 Å². The van der Waals surface area contributed by atoms with E-state index in [9.17, 15) is 4.79 Å². The van der Waals surface area contributed by atoms with Gasteiger partial charge in [-0.15, -0.1) is 0 Å². The second-order valence-corrected chi connectivity index (χ2v) is 2.21. The largest absolute Gasteiger partial charge is 0.467 e. The Morgan fingerprint density at radius 3 is 2.22 bits per heavy atom. The molecule has 0 atom stereocenters. The highest BCUT2D eigenvalue weighted by molar-refractivity contribution is 5.80. The molecule has 0 spiro atoms. The third kappa shape index (κ3) is 1.83. The minimum Gasteiger partial charge on any atom is -0.467 e. The van der Waals surface area contributed by atoms with Crippen LogP contribution in [0.1, 0.15) is 13.8 Å². The minimum absolute atomic E-state index is 0.363. The number of nitrogens with zero attached hydrogens (tertiary/aromatic N) is 1. The van der Waals surface area contributed by atoms with Crippen molar-refractivity contribution >= 4 is 12.7 Å². The highest BCUT2D eigenvalue weighted by Crippen LogP contribution is 2.08. The Labute approximate surface area is 54.7 Å². The maximum atomic E-state index is 10.7. The molecule has 3 nitrogen and oxygen atoms in total. The van der Waals surface area contributed by atoms with Crippen LogP contribution in [0.2, 0.25) is 0 Å². The molecule has 0 aromatic heterocycles. The monoisotopic (exact) mass is 129 g/mol. The van der Waals surface area contributed by atoms with E-state index < -0.39 is 5.54 Å². The van der Waals surface area contributed by atoms with E-state index in [0.717, 1.165) is 0 Å². The fourth-order valence-corrected chi connectivity index (χ4v) is 0.314. The number of hydrogen-bond acceptors (Lipinski definition) is 3.